The lowest BCUT2D eigenvalue weighted by atomic mass is 10.0. The normalized spacial score (nSPS) is 12.3. The second kappa shape index (κ2) is 9.19. The van der Waals surface area contributed by atoms with Crippen molar-refractivity contribution in [2.45, 2.75) is 13.3 Å². The van der Waals surface area contributed by atoms with Gasteiger partial charge in [0, 0.05) is 40.7 Å². The summed E-state index contributed by atoms with van der Waals surface area (Å²) in [4.78, 5) is 44.0. The predicted molar refractivity (Wildman–Crippen MR) is 135 cm³/mol. The molecule has 0 bridgehead atoms. The van der Waals surface area contributed by atoms with Crippen molar-refractivity contribution in [1.29, 1.82) is 0 Å². The molecule has 1 aliphatic rings. The van der Waals surface area contributed by atoms with Gasteiger partial charge in [0.1, 0.15) is 0 Å². The number of hydrazine groups is 1. The number of nitrogens with zero attached hydrogens (tertiary/aromatic N) is 2. The van der Waals surface area contributed by atoms with Gasteiger partial charge in [-0.1, -0.05) is 41.9 Å². The van der Waals surface area contributed by atoms with Crippen LogP contribution >= 0.6 is 11.6 Å². The molecular formula is C27H21ClN4O3. The first kappa shape index (κ1) is 22.6. The number of hydrogen-bond donors (Lipinski definition) is 2. The van der Waals surface area contributed by atoms with Crippen LogP contribution in [-0.4, -0.2) is 29.3 Å². The number of fused-ring (bicyclic) bond motifs is 2. The summed E-state index contributed by atoms with van der Waals surface area (Å²) in [6, 6.07) is 21.4. The van der Waals surface area contributed by atoms with Crippen molar-refractivity contribution < 1.29 is 14.4 Å². The number of halogens is 1. The number of anilines is 1. The molecule has 0 spiro atoms. The van der Waals surface area contributed by atoms with E-state index in [0.717, 1.165) is 16.8 Å². The number of carbonyl (C=O) groups is 3. The second-order valence-corrected chi connectivity index (χ2v) is 8.69. The van der Waals surface area contributed by atoms with Crippen molar-refractivity contribution in [2.75, 3.05) is 11.4 Å². The van der Waals surface area contributed by atoms with Gasteiger partial charge in [-0.25, -0.2) is 4.98 Å². The Kier molecular flexibility index (Phi) is 5.93. The minimum atomic E-state index is -0.462. The lowest BCUT2D eigenvalue weighted by molar-refractivity contribution is -0.116. The molecule has 174 valence electrons. The fourth-order valence-electron chi connectivity index (χ4n) is 4.25. The Morgan fingerprint density at radius 2 is 1.66 bits per heavy atom. The highest BCUT2D eigenvalue weighted by Crippen LogP contribution is 2.29. The third-order valence-electron chi connectivity index (χ3n) is 6.01. The van der Waals surface area contributed by atoms with Gasteiger partial charge in [-0.05, 0) is 54.4 Å². The van der Waals surface area contributed by atoms with Crippen molar-refractivity contribution in [1.82, 2.24) is 15.8 Å². The van der Waals surface area contributed by atoms with E-state index in [0.29, 0.717) is 45.7 Å². The van der Waals surface area contributed by atoms with Gasteiger partial charge in [0.2, 0.25) is 5.91 Å². The average Bonchev–Trinajstić information content (AvgIpc) is 3.30. The molecule has 4 aromatic rings. The van der Waals surface area contributed by atoms with E-state index in [9.17, 15) is 14.4 Å². The van der Waals surface area contributed by atoms with E-state index in [1.54, 1.807) is 41.3 Å². The number of para-hydroxylation sites is 1. The SMILES string of the molecule is CC(=O)N1CCc2cc(C(=O)NNC(=O)c3cc(-c4ccc(Cl)cc4)nc4ccccc34)ccc21. The number of benzene rings is 3. The number of rotatable bonds is 3. The summed E-state index contributed by atoms with van der Waals surface area (Å²) in [6.07, 6.45) is 0.679. The van der Waals surface area contributed by atoms with Crippen molar-refractivity contribution >= 4 is 45.9 Å². The zero-order valence-corrected chi connectivity index (χ0v) is 19.6. The molecule has 3 aromatic carbocycles. The first-order chi connectivity index (χ1) is 16.9. The fourth-order valence-corrected chi connectivity index (χ4v) is 4.38. The van der Waals surface area contributed by atoms with Gasteiger partial charge >= 0.3 is 0 Å². The third-order valence-corrected chi connectivity index (χ3v) is 6.26. The zero-order chi connectivity index (χ0) is 24.5. The number of amides is 3. The summed E-state index contributed by atoms with van der Waals surface area (Å²) in [6.45, 7) is 2.12. The Morgan fingerprint density at radius 3 is 2.43 bits per heavy atom. The molecule has 0 radical (unpaired) electrons. The lowest BCUT2D eigenvalue weighted by Gasteiger charge is -2.15. The monoisotopic (exact) mass is 484 g/mol. The number of pyridine rings is 1. The molecule has 0 saturated carbocycles. The topological polar surface area (TPSA) is 91.4 Å². The minimum absolute atomic E-state index is 0.0317. The smallest absolute Gasteiger partial charge is 0.270 e. The quantitative estimate of drug-likeness (QED) is 0.418. The molecule has 0 saturated heterocycles. The van der Waals surface area contributed by atoms with Crippen LogP contribution in [0.3, 0.4) is 0 Å². The van der Waals surface area contributed by atoms with E-state index in [1.807, 2.05) is 36.4 Å². The van der Waals surface area contributed by atoms with Crippen LogP contribution in [0.2, 0.25) is 5.02 Å². The minimum Gasteiger partial charge on any atom is -0.312 e. The summed E-state index contributed by atoms with van der Waals surface area (Å²) in [5.41, 5.74) is 9.63. The standard InChI is InChI=1S/C27H21ClN4O3/c1-16(33)32-13-12-18-14-19(8-11-25(18)32)26(34)30-31-27(35)22-15-24(17-6-9-20(28)10-7-17)29-23-5-3-2-4-21(22)23/h2-11,14-15H,12-13H2,1H3,(H,30,34)(H,31,35). The lowest BCUT2D eigenvalue weighted by Crippen LogP contribution is -2.41. The summed E-state index contributed by atoms with van der Waals surface area (Å²) in [7, 11) is 0. The van der Waals surface area contributed by atoms with Gasteiger partial charge in [0.15, 0.2) is 0 Å². The Morgan fingerprint density at radius 1 is 0.914 bits per heavy atom. The maximum Gasteiger partial charge on any atom is 0.270 e. The Hall–Kier alpha value is -4.23. The highest BCUT2D eigenvalue weighted by atomic mass is 35.5. The molecule has 0 aliphatic carbocycles. The van der Waals surface area contributed by atoms with Crippen LogP contribution < -0.4 is 15.8 Å². The van der Waals surface area contributed by atoms with Crippen molar-refractivity contribution in [3.63, 3.8) is 0 Å². The molecular weight excluding hydrogens is 464 g/mol. The molecule has 0 atom stereocenters. The summed E-state index contributed by atoms with van der Waals surface area (Å²) < 4.78 is 0. The molecule has 3 amide bonds. The molecule has 1 aliphatic heterocycles. The molecule has 1 aromatic heterocycles. The Bertz CT molecular complexity index is 1480. The van der Waals surface area contributed by atoms with Crippen LogP contribution in [0.25, 0.3) is 22.2 Å². The van der Waals surface area contributed by atoms with E-state index in [-0.39, 0.29) is 5.91 Å². The summed E-state index contributed by atoms with van der Waals surface area (Å²) >= 11 is 6.01. The summed E-state index contributed by atoms with van der Waals surface area (Å²) in [5, 5.41) is 1.27. The van der Waals surface area contributed by atoms with Crippen molar-refractivity contribution in [3.8, 4) is 11.3 Å². The highest BCUT2D eigenvalue weighted by Gasteiger charge is 2.23. The predicted octanol–water partition coefficient (Wildman–Crippen LogP) is 4.54. The maximum absolute atomic E-state index is 13.1. The van der Waals surface area contributed by atoms with Gasteiger partial charge in [-0.3, -0.25) is 25.2 Å². The summed E-state index contributed by atoms with van der Waals surface area (Å²) in [5.74, 6) is -0.939. The van der Waals surface area contributed by atoms with E-state index in [4.69, 9.17) is 11.6 Å². The molecule has 7 nitrogen and oxygen atoms in total. The van der Waals surface area contributed by atoms with E-state index >= 15 is 0 Å². The molecule has 8 heteroatoms. The number of aromatic nitrogens is 1. The molecule has 2 heterocycles. The third kappa shape index (κ3) is 4.46. The molecule has 5 rings (SSSR count). The zero-order valence-electron chi connectivity index (χ0n) is 18.8. The van der Waals surface area contributed by atoms with E-state index in [1.165, 1.54) is 6.92 Å². The van der Waals surface area contributed by atoms with Gasteiger partial charge in [0.05, 0.1) is 16.8 Å². The molecule has 0 fully saturated rings. The Labute approximate surface area is 206 Å². The van der Waals surface area contributed by atoms with Crippen LogP contribution in [0.4, 0.5) is 5.69 Å². The van der Waals surface area contributed by atoms with E-state index in [2.05, 4.69) is 15.8 Å². The average molecular weight is 485 g/mol. The van der Waals surface area contributed by atoms with E-state index < -0.39 is 11.8 Å². The van der Waals surface area contributed by atoms with Crippen LogP contribution in [0.5, 0.6) is 0 Å². The number of hydrogen-bond acceptors (Lipinski definition) is 4. The van der Waals surface area contributed by atoms with Gasteiger partial charge in [-0.2, -0.15) is 0 Å². The first-order valence-corrected chi connectivity index (χ1v) is 11.5. The molecule has 2 N–H and O–H groups in total. The first-order valence-electron chi connectivity index (χ1n) is 11.1. The van der Waals surface area contributed by atoms with Crippen LogP contribution in [-0.2, 0) is 11.2 Å². The molecule has 0 unspecified atom stereocenters. The van der Waals surface area contributed by atoms with Gasteiger partial charge in [-0.15, -0.1) is 0 Å². The number of nitrogens with one attached hydrogen (secondary N) is 2. The number of carbonyl (C=O) groups excluding carboxylic acids is 3. The maximum atomic E-state index is 13.1. The second-order valence-electron chi connectivity index (χ2n) is 8.25. The fraction of sp³-hybridized carbons (Fsp3) is 0.111. The highest BCUT2D eigenvalue weighted by molar-refractivity contribution is 6.30. The Balaban J connectivity index is 1.38. The van der Waals surface area contributed by atoms with Crippen LogP contribution in [0.15, 0.2) is 72.8 Å². The van der Waals surface area contributed by atoms with Crippen molar-refractivity contribution in [3.05, 3.63) is 94.5 Å². The largest absolute Gasteiger partial charge is 0.312 e. The van der Waals surface area contributed by atoms with Gasteiger partial charge < -0.3 is 4.90 Å². The van der Waals surface area contributed by atoms with Crippen molar-refractivity contribution in [2.24, 2.45) is 0 Å². The van der Waals surface area contributed by atoms with Crippen LogP contribution in [0, 0.1) is 0 Å². The van der Waals surface area contributed by atoms with Crippen LogP contribution in [0.1, 0.15) is 33.2 Å². The molecule has 35 heavy (non-hydrogen) atoms. The van der Waals surface area contributed by atoms with Gasteiger partial charge in [0.25, 0.3) is 11.8 Å².